The first-order chi connectivity index (χ1) is 14.2. The molecule has 160 valence electrons. The van der Waals surface area contributed by atoms with Crippen molar-refractivity contribution in [1.29, 1.82) is 0 Å². The van der Waals surface area contributed by atoms with Crippen LogP contribution < -0.4 is 4.74 Å². The molecule has 0 spiro atoms. The van der Waals surface area contributed by atoms with Gasteiger partial charge in [-0.05, 0) is 67.0 Å². The molecule has 3 rings (SSSR count). The van der Waals surface area contributed by atoms with Crippen LogP contribution in [-0.2, 0) is 23.6 Å². The van der Waals surface area contributed by atoms with Gasteiger partial charge in [0.1, 0.15) is 18.2 Å². The Morgan fingerprint density at radius 2 is 1.83 bits per heavy atom. The van der Waals surface area contributed by atoms with E-state index in [1.807, 2.05) is 6.07 Å². The molecule has 2 aromatic rings. The number of hydrogen-bond donors (Lipinski definition) is 1. The molecule has 1 aliphatic carbocycles. The van der Waals surface area contributed by atoms with E-state index < -0.39 is 11.9 Å². The zero-order chi connectivity index (χ0) is 21.7. The van der Waals surface area contributed by atoms with Gasteiger partial charge in [-0.1, -0.05) is 29.8 Å². The van der Waals surface area contributed by atoms with E-state index in [2.05, 4.69) is 0 Å². The van der Waals surface area contributed by atoms with E-state index >= 15 is 0 Å². The average Bonchev–Trinajstić information content (AvgIpc) is 3.13. The Hall–Kier alpha value is -2.76. The second-order valence-corrected chi connectivity index (χ2v) is 7.72. The molecule has 2 aromatic carbocycles. The van der Waals surface area contributed by atoms with Gasteiger partial charge in [0, 0.05) is 18.9 Å². The van der Waals surface area contributed by atoms with Crippen molar-refractivity contribution in [3.63, 3.8) is 0 Å². The second kappa shape index (κ2) is 9.37. The normalized spacial score (nSPS) is 14.3. The number of allylic oxidation sites excluding steroid dienone is 1. The quantitative estimate of drug-likeness (QED) is 0.504. The molecule has 3 nitrogen and oxygen atoms in total. The number of carbonyl (C=O) groups is 1. The molecule has 6 heteroatoms. The summed E-state index contributed by atoms with van der Waals surface area (Å²) in [6.45, 7) is 1.06. The van der Waals surface area contributed by atoms with Crippen molar-refractivity contribution in [3.8, 4) is 5.75 Å². The summed E-state index contributed by atoms with van der Waals surface area (Å²) in [5.74, 6) is -4.05. The van der Waals surface area contributed by atoms with E-state index in [1.165, 1.54) is 18.2 Å². The van der Waals surface area contributed by atoms with Gasteiger partial charge in [0.15, 0.2) is 0 Å². The third-order valence-corrected chi connectivity index (χ3v) is 5.39. The lowest BCUT2D eigenvalue weighted by molar-refractivity contribution is -0.137. The second-order valence-electron chi connectivity index (χ2n) is 7.72. The number of halogens is 3. The van der Waals surface area contributed by atoms with Crippen LogP contribution in [0.15, 0.2) is 53.6 Å². The SMILES string of the molecule is CC(F)(F)c1cc(OCC2=C(Cc3ccccc3F)CCC2)ccc1CCC(=O)O. The fourth-order valence-corrected chi connectivity index (χ4v) is 3.81. The van der Waals surface area contributed by atoms with E-state index in [4.69, 9.17) is 9.84 Å². The van der Waals surface area contributed by atoms with Gasteiger partial charge in [-0.3, -0.25) is 4.79 Å². The highest BCUT2D eigenvalue weighted by molar-refractivity contribution is 5.67. The summed E-state index contributed by atoms with van der Waals surface area (Å²) in [5, 5.41) is 8.84. The molecule has 1 N–H and O–H groups in total. The highest BCUT2D eigenvalue weighted by Crippen LogP contribution is 2.34. The van der Waals surface area contributed by atoms with Crippen molar-refractivity contribution in [1.82, 2.24) is 0 Å². The summed E-state index contributed by atoms with van der Waals surface area (Å²) < 4.78 is 47.9. The lowest BCUT2D eigenvalue weighted by Crippen LogP contribution is -2.13. The van der Waals surface area contributed by atoms with Gasteiger partial charge in [-0.2, -0.15) is 0 Å². The van der Waals surface area contributed by atoms with Crippen LogP contribution in [0.1, 0.15) is 49.3 Å². The van der Waals surface area contributed by atoms with Crippen LogP contribution in [0.4, 0.5) is 13.2 Å². The van der Waals surface area contributed by atoms with Crippen LogP contribution in [-0.4, -0.2) is 17.7 Å². The third-order valence-electron chi connectivity index (χ3n) is 5.39. The van der Waals surface area contributed by atoms with Crippen LogP contribution in [0.2, 0.25) is 0 Å². The van der Waals surface area contributed by atoms with Gasteiger partial charge in [0.2, 0.25) is 0 Å². The average molecular weight is 418 g/mol. The van der Waals surface area contributed by atoms with E-state index in [1.54, 1.807) is 18.2 Å². The van der Waals surface area contributed by atoms with Crippen LogP contribution in [0.5, 0.6) is 5.75 Å². The fourth-order valence-electron chi connectivity index (χ4n) is 3.81. The number of hydrogen-bond acceptors (Lipinski definition) is 2. The summed E-state index contributed by atoms with van der Waals surface area (Å²) in [6.07, 6.45) is 3.03. The summed E-state index contributed by atoms with van der Waals surface area (Å²) in [7, 11) is 0. The fraction of sp³-hybridized carbons (Fsp3) is 0.375. The van der Waals surface area contributed by atoms with E-state index in [9.17, 15) is 18.0 Å². The topological polar surface area (TPSA) is 46.5 Å². The highest BCUT2D eigenvalue weighted by atomic mass is 19.3. The Balaban J connectivity index is 1.74. The summed E-state index contributed by atoms with van der Waals surface area (Å²) in [5.41, 5.74) is 2.95. The number of alkyl halides is 2. The Labute approximate surface area is 174 Å². The minimum atomic E-state index is -3.10. The van der Waals surface area contributed by atoms with Crippen molar-refractivity contribution < 1.29 is 27.8 Å². The minimum absolute atomic E-state index is 0.0340. The largest absolute Gasteiger partial charge is 0.489 e. The molecule has 0 atom stereocenters. The Morgan fingerprint density at radius 3 is 2.53 bits per heavy atom. The lowest BCUT2D eigenvalue weighted by atomic mass is 9.98. The molecular formula is C24H25F3O3. The molecule has 0 fully saturated rings. The van der Waals surface area contributed by atoms with Gasteiger partial charge >= 0.3 is 5.97 Å². The van der Waals surface area contributed by atoms with Crippen LogP contribution >= 0.6 is 0 Å². The number of aliphatic carboxylic acids is 1. The molecule has 1 aliphatic rings. The van der Waals surface area contributed by atoms with Gasteiger partial charge in [0.25, 0.3) is 5.92 Å². The van der Waals surface area contributed by atoms with Crippen molar-refractivity contribution in [3.05, 3.63) is 76.1 Å². The number of rotatable bonds is 9. The molecule has 0 aliphatic heterocycles. The molecule has 0 aromatic heterocycles. The zero-order valence-electron chi connectivity index (χ0n) is 16.9. The van der Waals surface area contributed by atoms with Crippen LogP contribution in [0, 0.1) is 5.82 Å². The number of carboxylic acids is 1. The van der Waals surface area contributed by atoms with Crippen molar-refractivity contribution in [2.45, 2.75) is 51.4 Å². The predicted octanol–water partition coefficient (Wildman–Crippen LogP) is 6.06. The molecule has 0 bridgehead atoms. The Morgan fingerprint density at radius 1 is 1.10 bits per heavy atom. The smallest absolute Gasteiger partial charge is 0.303 e. The molecule has 0 heterocycles. The standard InChI is InChI=1S/C24H25F3O3/c1-24(26,27)21-14-20(11-9-16(21)10-12-23(28)29)30-15-19-7-4-6-17(19)13-18-5-2-3-8-22(18)25/h2-3,5,8-9,11,14H,4,6-7,10,12-13,15H2,1H3,(H,28,29). The molecule has 0 unspecified atom stereocenters. The van der Waals surface area contributed by atoms with Gasteiger partial charge in [-0.25, -0.2) is 13.2 Å². The van der Waals surface area contributed by atoms with E-state index in [0.29, 0.717) is 23.3 Å². The summed E-state index contributed by atoms with van der Waals surface area (Å²) in [6, 6.07) is 11.1. The Bertz CT molecular complexity index is 945. The van der Waals surface area contributed by atoms with Crippen LogP contribution in [0.25, 0.3) is 0 Å². The zero-order valence-corrected chi connectivity index (χ0v) is 16.9. The first-order valence-electron chi connectivity index (χ1n) is 10.0. The minimum Gasteiger partial charge on any atom is -0.489 e. The number of ether oxygens (including phenoxy) is 1. The van der Waals surface area contributed by atoms with Gasteiger partial charge < -0.3 is 9.84 Å². The van der Waals surface area contributed by atoms with Crippen molar-refractivity contribution in [2.75, 3.05) is 6.61 Å². The maximum absolute atomic E-state index is 14.1. The van der Waals surface area contributed by atoms with Crippen LogP contribution in [0.3, 0.4) is 0 Å². The molecule has 30 heavy (non-hydrogen) atoms. The maximum atomic E-state index is 14.1. The van der Waals surface area contributed by atoms with Gasteiger partial charge in [0.05, 0.1) is 0 Å². The van der Waals surface area contributed by atoms with Crippen molar-refractivity contribution >= 4 is 5.97 Å². The molecule has 0 saturated heterocycles. The van der Waals surface area contributed by atoms with E-state index in [0.717, 1.165) is 37.3 Å². The molecule has 0 radical (unpaired) electrons. The molecular weight excluding hydrogens is 393 g/mol. The summed E-state index contributed by atoms with van der Waals surface area (Å²) >= 11 is 0. The first-order valence-corrected chi connectivity index (χ1v) is 10.0. The first kappa shape index (κ1) is 21.9. The van der Waals surface area contributed by atoms with E-state index in [-0.39, 0.29) is 30.8 Å². The van der Waals surface area contributed by atoms with Gasteiger partial charge in [-0.15, -0.1) is 0 Å². The molecule has 0 amide bonds. The monoisotopic (exact) mass is 418 g/mol. The number of benzene rings is 2. The summed E-state index contributed by atoms with van der Waals surface area (Å²) in [4.78, 5) is 10.8. The number of carboxylic acid groups (broad SMARTS) is 1. The lowest BCUT2D eigenvalue weighted by Gasteiger charge is -2.18. The Kier molecular flexibility index (Phi) is 6.85. The molecule has 0 saturated carbocycles. The highest BCUT2D eigenvalue weighted by Gasteiger charge is 2.28. The number of aryl methyl sites for hydroxylation is 1. The predicted molar refractivity (Wildman–Crippen MR) is 108 cm³/mol. The third kappa shape index (κ3) is 5.65. The maximum Gasteiger partial charge on any atom is 0.303 e. The van der Waals surface area contributed by atoms with Crippen molar-refractivity contribution in [2.24, 2.45) is 0 Å².